The van der Waals surface area contributed by atoms with Crippen molar-refractivity contribution in [3.63, 3.8) is 0 Å². The average molecular weight is 293 g/mol. The molecule has 21 heavy (non-hydrogen) atoms. The number of H-pyrrole nitrogens is 1. The Kier molecular flexibility index (Phi) is 5.04. The monoisotopic (exact) mass is 293 g/mol. The van der Waals surface area contributed by atoms with Crippen molar-refractivity contribution in [1.82, 2.24) is 25.1 Å². The van der Waals surface area contributed by atoms with Crippen LogP contribution in [0.3, 0.4) is 0 Å². The van der Waals surface area contributed by atoms with E-state index in [0.29, 0.717) is 39.3 Å². The lowest BCUT2D eigenvalue weighted by Crippen LogP contribution is -2.51. The molecule has 0 atom stereocenters. The molecule has 1 aliphatic heterocycles. The van der Waals surface area contributed by atoms with Gasteiger partial charge in [-0.05, 0) is 6.92 Å². The highest BCUT2D eigenvalue weighted by Crippen LogP contribution is 2.05. The summed E-state index contributed by atoms with van der Waals surface area (Å²) in [6, 6.07) is 0. The summed E-state index contributed by atoms with van der Waals surface area (Å²) in [5, 5.41) is 2.75. The number of amides is 2. The minimum atomic E-state index is -0.335. The van der Waals surface area contributed by atoms with Gasteiger partial charge in [0.25, 0.3) is 11.5 Å². The van der Waals surface area contributed by atoms with Gasteiger partial charge in [0, 0.05) is 38.9 Å². The number of nitrogens with zero attached hydrogens (tertiary/aromatic N) is 3. The Balaban J connectivity index is 1.86. The zero-order valence-electron chi connectivity index (χ0n) is 12.0. The summed E-state index contributed by atoms with van der Waals surface area (Å²) in [6.45, 7) is 5.23. The van der Waals surface area contributed by atoms with Crippen LogP contribution in [0.1, 0.15) is 17.4 Å². The van der Waals surface area contributed by atoms with Crippen LogP contribution in [0.25, 0.3) is 0 Å². The van der Waals surface area contributed by atoms with E-state index in [-0.39, 0.29) is 23.1 Å². The van der Waals surface area contributed by atoms with E-state index >= 15 is 0 Å². The Labute approximate surface area is 122 Å². The molecule has 8 nitrogen and oxygen atoms in total. The summed E-state index contributed by atoms with van der Waals surface area (Å²) in [6.07, 6.45) is 2.42. The van der Waals surface area contributed by atoms with E-state index in [0.717, 1.165) is 6.20 Å². The standard InChI is InChI=1S/C13H19N5O3/c1-2-14-12(20)9-17-3-5-18(6-4-17)13(21)10-7-16-11(19)8-15-10/h7-8H,2-6,9H2,1H3,(H,14,20)(H,16,19). The van der Waals surface area contributed by atoms with E-state index in [9.17, 15) is 14.4 Å². The lowest BCUT2D eigenvalue weighted by Gasteiger charge is -2.34. The highest BCUT2D eigenvalue weighted by Gasteiger charge is 2.23. The summed E-state index contributed by atoms with van der Waals surface area (Å²) < 4.78 is 0. The fourth-order valence-electron chi connectivity index (χ4n) is 2.19. The van der Waals surface area contributed by atoms with E-state index in [4.69, 9.17) is 0 Å². The van der Waals surface area contributed by atoms with E-state index in [2.05, 4.69) is 15.3 Å². The van der Waals surface area contributed by atoms with Crippen molar-refractivity contribution in [1.29, 1.82) is 0 Å². The van der Waals surface area contributed by atoms with Crippen LogP contribution in [0.2, 0.25) is 0 Å². The number of aromatic amines is 1. The fraction of sp³-hybridized carbons (Fsp3) is 0.538. The first kappa shape index (κ1) is 15.2. The van der Waals surface area contributed by atoms with Crippen LogP contribution in [0, 0.1) is 0 Å². The third-order valence-corrected chi connectivity index (χ3v) is 3.29. The molecule has 1 fully saturated rings. The maximum absolute atomic E-state index is 12.2. The Morgan fingerprint density at radius 2 is 2.05 bits per heavy atom. The first-order chi connectivity index (χ1) is 10.1. The largest absolute Gasteiger partial charge is 0.355 e. The molecule has 8 heteroatoms. The number of hydrogen-bond acceptors (Lipinski definition) is 5. The molecule has 1 aromatic rings. The quantitative estimate of drug-likeness (QED) is 0.716. The topological polar surface area (TPSA) is 98.4 Å². The molecule has 2 amide bonds. The zero-order valence-corrected chi connectivity index (χ0v) is 12.0. The smallest absolute Gasteiger partial charge is 0.274 e. The Morgan fingerprint density at radius 1 is 1.33 bits per heavy atom. The molecule has 0 unspecified atom stereocenters. The van der Waals surface area contributed by atoms with Gasteiger partial charge < -0.3 is 15.2 Å². The molecule has 0 aliphatic carbocycles. The average Bonchev–Trinajstić information content (AvgIpc) is 2.48. The van der Waals surface area contributed by atoms with Crippen LogP contribution in [0.4, 0.5) is 0 Å². The minimum absolute atomic E-state index is 0.000391. The van der Waals surface area contributed by atoms with Crippen molar-refractivity contribution in [2.24, 2.45) is 0 Å². The molecule has 114 valence electrons. The Hall–Kier alpha value is -2.22. The highest BCUT2D eigenvalue weighted by molar-refractivity contribution is 5.92. The van der Waals surface area contributed by atoms with E-state index in [1.54, 1.807) is 4.90 Å². The molecule has 0 spiro atoms. The molecule has 1 aliphatic rings. The summed E-state index contributed by atoms with van der Waals surface area (Å²) in [5.41, 5.74) is -0.106. The Morgan fingerprint density at radius 3 is 2.62 bits per heavy atom. The van der Waals surface area contributed by atoms with Gasteiger partial charge in [-0.1, -0.05) is 0 Å². The molecule has 0 aromatic carbocycles. The zero-order chi connectivity index (χ0) is 15.2. The van der Waals surface area contributed by atoms with Crippen LogP contribution < -0.4 is 10.9 Å². The maximum atomic E-state index is 12.2. The van der Waals surface area contributed by atoms with Crippen LogP contribution in [0.5, 0.6) is 0 Å². The summed E-state index contributed by atoms with van der Waals surface area (Å²) in [7, 11) is 0. The second kappa shape index (κ2) is 6.98. The van der Waals surface area contributed by atoms with Crippen molar-refractivity contribution in [2.45, 2.75) is 6.92 Å². The van der Waals surface area contributed by atoms with E-state index in [1.165, 1.54) is 6.20 Å². The number of likely N-dealkylation sites (N-methyl/N-ethyl adjacent to an activating group) is 1. The predicted octanol–water partition coefficient (Wildman–Crippen LogP) is -1.34. The number of rotatable bonds is 4. The molecule has 2 N–H and O–H groups in total. The van der Waals surface area contributed by atoms with Gasteiger partial charge in [0.1, 0.15) is 5.69 Å². The lowest BCUT2D eigenvalue weighted by atomic mass is 10.2. The number of nitrogens with one attached hydrogen (secondary N) is 2. The van der Waals surface area contributed by atoms with Crippen molar-refractivity contribution in [2.75, 3.05) is 39.3 Å². The minimum Gasteiger partial charge on any atom is -0.355 e. The molecule has 0 bridgehead atoms. The highest BCUT2D eigenvalue weighted by atomic mass is 16.2. The van der Waals surface area contributed by atoms with E-state index < -0.39 is 0 Å². The first-order valence-electron chi connectivity index (χ1n) is 6.93. The van der Waals surface area contributed by atoms with Crippen molar-refractivity contribution in [3.05, 3.63) is 28.4 Å². The Bertz CT molecular complexity index is 543. The second-order valence-corrected chi connectivity index (χ2v) is 4.82. The molecule has 2 heterocycles. The van der Waals surface area contributed by atoms with Crippen LogP contribution >= 0.6 is 0 Å². The molecular formula is C13H19N5O3. The SMILES string of the molecule is CCNC(=O)CN1CCN(C(=O)c2c[nH]c(=O)cn2)CC1. The summed E-state index contributed by atoms with van der Waals surface area (Å²) in [5.74, 6) is -0.205. The summed E-state index contributed by atoms with van der Waals surface area (Å²) >= 11 is 0. The van der Waals surface area contributed by atoms with Gasteiger partial charge in [0.2, 0.25) is 5.91 Å². The number of hydrogen-bond donors (Lipinski definition) is 2. The molecule has 0 saturated carbocycles. The molecular weight excluding hydrogens is 274 g/mol. The first-order valence-corrected chi connectivity index (χ1v) is 6.93. The third-order valence-electron chi connectivity index (χ3n) is 3.29. The van der Waals surface area contributed by atoms with Gasteiger partial charge in [-0.25, -0.2) is 4.98 Å². The van der Waals surface area contributed by atoms with Gasteiger partial charge in [0.15, 0.2) is 0 Å². The maximum Gasteiger partial charge on any atom is 0.274 e. The van der Waals surface area contributed by atoms with Crippen molar-refractivity contribution >= 4 is 11.8 Å². The molecule has 1 saturated heterocycles. The number of piperazine rings is 1. The van der Waals surface area contributed by atoms with Crippen LogP contribution in [-0.4, -0.2) is 70.9 Å². The van der Waals surface area contributed by atoms with Crippen molar-refractivity contribution in [3.8, 4) is 0 Å². The second-order valence-electron chi connectivity index (χ2n) is 4.82. The number of carbonyl (C=O) groups is 2. The fourth-order valence-corrected chi connectivity index (χ4v) is 2.19. The third kappa shape index (κ3) is 4.12. The van der Waals surface area contributed by atoms with Gasteiger partial charge in [0.05, 0.1) is 12.7 Å². The lowest BCUT2D eigenvalue weighted by molar-refractivity contribution is -0.122. The van der Waals surface area contributed by atoms with Crippen LogP contribution in [-0.2, 0) is 4.79 Å². The van der Waals surface area contributed by atoms with E-state index in [1.807, 2.05) is 11.8 Å². The van der Waals surface area contributed by atoms with Gasteiger partial charge in [-0.3, -0.25) is 19.3 Å². The summed E-state index contributed by atoms with van der Waals surface area (Å²) in [4.78, 5) is 44.6. The molecule has 0 radical (unpaired) electrons. The van der Waals surface area contributed by atoms with Gasteiger partial charge >= 0.3 is 0 Å². The van der Waals surface area contributed by atoms with Gasteiger partial charge in [-0.15, -0.1) is 0 Å². The van der Waals surface area contributed by atoms with Crippen molar-refractivity contribution < 1.29 is 9.59 Å². The predicted molar refractivity (Wildman–Crippen MR) is 75.9 cm³/mol. The number of aromatic nitrogens is 2. The van der Waals surface area contributed by atoms with Gasteiger partial charge in [-0.2, -0.15) is 0 Å². The molecule has 1 aromatic heterocycles. The normalized spacial score (nSPS) is 15.8. The molecule has 2 rings (SSSR count). The van der Waals surface area contributed by atoms with Crippen LogP contribution in [0.15, 0.2) is 17.2 Å². The number of carbonyl (C=O) groups excluding carboxylic acids is 2.